The van der Waals surface area contributed by atoms with Crippen LogP contribution in [-0.2, 0) is 0 Å². The molecule has 0 amide bonds. The van der Waals surface area contributed by atoms with Gasteiger partial charge in [0.1, 0.15) is 5.69 Å². The number of allylic oxidation sites excluding steroid dienone is 2. The Morgan fingerprint density at radius 1 is 1.26 bits per heavy atom. The van der Waals surface area contributed by atoms with Gasteiger partial charge in [0, 0.05) is 30.9 Å². The van der Waals surface area contributed by atoms with Gasteiger partial charge in [-0.05, 0) is 57.0 Å². The average Bonchev–Trinajstić information content (AvgIpc) is 3.16. The molecule has 2 aromatic rings. The number of hydrogen-bond acceptors (Lipinski definition) is 4. The van der Waals surface area contributed by atoms with Gasteiger partial charge in [0.25, 0.3) is 0 Å². The van der Waals surface area contributed by atoms with E-state index in [0.29, 0.717) is 5.02 Å². The molecule has 0 N–H and O–H groups in total. The third-order valence-electron chi connectivity index (χ3n) is 5.08. The van der Waals surface area contributed by atoms with Crippen molar-refractivity contribution in [1.29, 1.82) is 0 Å². The molecule has 1 aromatic heterocycles. The fourth-order valence-electron chi connectivity index (χ4n) is 3.44. The summed E-state index contributed by atoms with van der Waals surface area (Å²) in [5, 5.41) is 9.50. The van der Waals surface area contributed by atoms with E-state index in [9.17, 15) is 0 Å². The molecule has 0 aliphatic carbocycles. The Balaban J connectivity index is 1.74. The number of rotatable bonds is 4. The van der Waals surface area contributed by atoms with Crippen molar-refractivity contribution in [2.75, 3.05) is 26.7 Å². The SMILES string of the molecule is C=C/C(C)=C/N1CCCCC(c2cn(-c3cccc(Cl)c3)nn2)N(C)CC1. The fraction of sp³-hybridized carbons (Fsp3) is 0.429. The summed E-state index contributed by atoms with van der Waals surface area (Å²) >= 11 is 6.11. The van der Waals surface area contributed by atoms with Gasteiger partial charge < -0.3 is 4.90 Å². The summed E-state index contributed by atoms with van der Waals surface area (Å²) < 4.78 is 1.81. The van der Waals surface area contributed by atoms with Crippen LogP contribution in [0.15, 0.2) is 54.9 Å². The van der Waals surface area contributed by atoms with Crippen molar-refractivity contribution in [1.82, 2.24) is 24.8 Å². The number of aromatic nitrogens is 3. The second-order valence-corrected chi connectivity index (χ2v) is 7.61. The van der Waals surface area contributed by atoms with Gasteiger partial charge in [0.15, 0.2) is 0 Å². The van der Waals surface area contributed by atoms with E-state index in [1.54, 1.807) is 0 Å². The van der Waals surface area contributed by atoms with Crippen LogP contribution in [0.3, 0.4) is 0 Å². The maximum atomic E-state index is 6.11. The lowest BCUT2D eigenvalue weighted by molar-refractivity contribution is 0.216. The molecule has 0 radical (unpaired) electrons. The summed E-state index contributed by atoms with van der Waals surface area (Å²) in [6.07, 6.45) is 9.58. The van der Waals surface area contributed by atoms with Crippen LogP contribution in [0.5, 0.6) is 0 Å². The molecule has 1 aromatic carbocycles. The second-order valence-electron chi connectivity index (χ2n) is 7.17. The van der Waals surface area contributed by atoms with Crippen LogP contribution < -0.4 is 0 Å². The van der Waals surface area contributed by atoms with Crippen molar-refractivity contribution in [2.24, 2.45) is 0 Å². The molecule has 5 nitrogen and oxygen atoms in total. The van der Waals surface area contributed by atoms with Crippen LogP contribution in [0.4, 0.5) is 0 Å². The summed E-state index contributed by atoms with van der Waals surface area (Å²) in [5.41, 5.74) is 3.16. The van der Waals surface area contributed by atoms with Crippen molar-refractivity contribution in [3.63, 3.8) is 0 Å². The molecule has 1 atom stereocenters. The largest absolute Gasteiger partial charge is 0.376 e. The van der Waals surface area contributed by atoms with Crippen molar-refractivity contribution >= 4 is 11.6 Å². The smallest absolute Gasteiger partial charge is 0.100 e. The molecule has 1 fully saturated rings. The minimum Gasteiger partial charge on any atom is -0.376 e. The van der Waals surface area contributed by atoms with E-state index < -0.39 is 0 Å². The lowest BCUT2D eigenvalue weighted by Crippen LogP contribution is -2.32. The van der Waals surface area contributed by atoms with Gasteiger partial charge >= 0.3 is 0 Å². The molecular weight excluding hydrogens is 358 g/mol. The third kappa shape index (κ3) is 5.21. The minimum atomic E-state index is 0.280. The van der Waals surface area contributed by atoms with Crippen LogP contribution in [0.2, 0.25) is 5.02 Å². The second kappa shape index (κ2) is 9.20. The molecule has 0 bridgehead atoms. The predicted molar refractivity (Wildman–Crippen MR) is 111 cm³/mol. The highest BCUT2D eigenvalue weighted by Gasteiger charge is 2.22. The third-order valence-corrected chi connectivity index (χ3v) is 5.31. The van der Waals surface area contributed by atoms with Gasteiger partial charge in [-0.1, -0.05) is 35.5 Å². The molecule has 27 heavy (non-hydrogen) atoms. The first-order valence-corrected chi connectivity index (χ1v) is 9.88. The molecule has 1 unspecified atom stereocenters. The van der Waals surface area contributed by atoms with Gasteiger partial charge in [-0.3, -0.25) is 4.90 Å². The Morgan fingerprint density at radius 2 is 2.11 bits per heavy atom. The van der Waals surface area contributed by atoms with Crippen LogP contribution in [-0.4, -0.2) is 51.5 Å². The monoisotopic (exact) mass is 385 g/mol. The molecule has 144 valence electrons. The summed E-state index contributed by atoms with van der Waals surface area (Å²) in [6.45, 7) is 9.02. The first-order chi connectivity index (χ1) is 13.1. The maximum absolute atomic E-state index is 6.11. The zero-order valence-electron chi connectivity index (χ0n) is 16.2. The Morgan fingerprint density at radius 3 is 2.89 bits per heavy atom. The van der Waals surface area contributed by atoms with Crippen molar-refractivity contribution < 1.29 is 0 Å². The zero-order chi connectivity index (χ0) is 19.2. The van der Waals surface area contributed by atoms with Crippen LogP contribution in [0.1, 0.15) is 37.9 Å². The maximum Gasteiger partial charge on any atom is 0.100 e. The predicted octanol–water partition coefficient (Wildman–Crippen LogP) is 4.47. The number of halogens is 1. The number of hydrogen-bond donors (Lipinski definition) is 0. The summed E-state index contributed by atoms with van der Waals surface area (Å²) in [5.74, 6) is 0. The Kier molecular flexibility index (Phi) is 6.69. The lowest BCUT2D eigenvalue weighted by Gasteiger charge is -2.27. The van der Waals surface area contributed by atoms with Crippen molar-refractivity contribution in [3.05, 3.63) is 65.6 Å². The van der Waals surface area contributed by atoms with E-state index in [2.05, 4.69) is 46.9 Å². The van der Waals surface area contributed by atoms with Gasteiger partial charge in [0.05, 0.1) is 17.9 Å². The normalized spacial score (nSPS) is 20.0. The van der Waals surface area contributed by atoms with Crippen LogP contribution in [0.25, 0.3) is 5.69 Å². The lowest BCUT2D eigenvalue weighted by atomic mass is 10.1. The molecular formula is C21H28ClN5. The highest BCUT2D eigenvalue weighted by molar-refractivity contribution is 6.30. The van der Waals surface area contributed by atoms with E-state index in [1.807, 2.05) is 41.2 Å². The molecule has 0 saturated carbocycles. The van der Waals surface area contributed by atoms with E-state index in [1.165, 1.54) is 12.0 Å². The first kappa shape index (κ1) is 19.6. The van der Waals surface area contributed by atoms with Gasteiger partial charge in [0.2, 0.25) is 0 Å². The van der Waals surface area contributed by atoms with Gasteiger partial charge in [-0.15, -0.1) is 5.10 Å². The molecule has 3 rings (SSSR count). The van der Waals surface area contributed by atoms with E-state index in [-0.39, 0.29) is 6.04 Å². The topological polar surface area (TPSA) is 37.2 Å². The highest BCUT2D eigenvalue weighted by atomic mass is 35.5. The molecule has 1 saturated heterocycles. The van der Waals surface area contributed by atoms with Crippen molar-refractivity contribution in [3.8, 4) is 5.69 Å². The highest BCUT2D eigenvalue weighted by Crippen LogP contribution is 2.26. The van der Waals surface area contributed by atoms with Gasteiger partial charge in [-0.2, -0.15) is 0 Å². The Bertz CT molecular complexity index is 797. The fourth-order valence-corrected chi connectivity index (χ4v) is 3.63. The summed E-state index contributed by atoms with van der Waals surface area (Å²) in [4.78, 5) is 4.79. The quantitative estimate of drug-likeness (QED) is 0.727. The van der Waals surface area contributed by atoms with Gasteiger partial charge in [-0.25, -0.2) is 4.68 Å². The van der Waals surface area contributed by atoms with Crippen molar-refractivity contribution in [2.45, 2.75) is 32.2 Å². The minimum absolute atomic E-state index is 0.280. The Labute approximate surface area is 166 Å². The number of benzene rings is 1. The van der Waals surface area contributed by atoms with E-state index >= 15 is 0 Å². The van der Waals surface area contributed by atoms with E-state index in [0.717, 1.165) is 43.9 Å². The van der Waals surface area contributed by atoms with Crippen LogP contribution >= 0.6 is 11.6 Å². The summed E-state index contributed by atoms with van der Waals surface area (Å²) in [7, 11) is 2.18. The zero-order valence-corrected chi connectivity index (χ0v) is 16.9. The average molecular weight is 386 g/mol. The molecule has 1 aliphatic rings. The number of likely N-dealkylation sites (N-methyl/N-ethyl adjacent to an activating group) is 1. The molecule has 1 aliphatic heterocycles. The molecule has 6 heteroatoms. The van der Waals surface area contributed by atoms with E-state index in [4.69, 9.17) is 11.6 Å². The molecule has 0 spiro atoms. The summed E-state index contributed by atoms with van der Waals surface area (Å²) in [6, 6.07) is 7.96. The number of nitrogens with zero attached hydrogens (tertiary/aromatic N) is 5. The first-order valence-electron chi connectivity index (χ1n) is 9.50. The van der Waals surface area contributed by atoms with Crippen LogP contribution in [0, 0.1) is 0 Å². The standard InChI is InChI=1S/C21H28ClN5/c1-4-17(2)15-26-11-6-5-10-21(25(3)12-13-26)20-16-27(24-23-20)19-9-7-8-18(22)14-19/h4,7-9,14-16,21H,1,5-6,10-13H2,2-3H3/b17-15+. The Hall–Kier alpha value is -2.11. The molecule has 2 heterocycles.